The van der Waals surface area contributed by atoms with Crippen LogP contribution in [-0.4, -0.2) is 20.2 Å². The van der Waals surface area contributed by atoms with E-state index in [1.54, 1.807) is 44.4 Å². The Bertz CT molecular complexity index is 1290. The molecule has 3 aromatic carbocycles. The van der Waals surface area contributed by atoms with Crippen molar-refractivity contribution in [3.05, 3.63) is 82.2 Å². The minimum absolute atomic E-state index is 0.409. The average Bonchev–Trinajstić information content (AvgIpc) is 2.79. The summed E-state index contributed by atoms with van der Waals surface area (Å²) in [4.78, 5) is 24.9. The van der Waals surface area contributed by atoms with E-state index in [0.717, 1.165) is 10.8 Å². The van der Waals surface area contributed by atoms with Crippen molar-refractivity contribution in [1.29, 1.82) is 0 Å². The molecule has 0 saturated heterocycles. The minimum atomic E-state index is -0.941. The van der Waals surface area contributed by atoms with Gasteiger partial charge in [-0.1, -0.05) is 30.3 Å². The number of carbonyl (C=O) groups is 1. The zero-order valence-corrected chi connectivity index (χ0v) is 16.8. The molecule has 0 aliphatic carbocycles. The summed E-state index contributed by atoms with van der Waals surface area (Å²) in [6, 6.07) is 17.9. The standard InChI is InChI=1S/C24H20O6/c1-14-20(29-22(24(26)28-3)15-7-5-4-6-8-15)12-11-18-17-10-9-16(27-2)13-19(17)23(25)30-21(14)18/h4-13,22H,1-3H3/t22-/m0/s1. The lowest BCUT2D eigenvalue weighted by Crippen LogP contribution is -2.20. The second-order valence-electron chi connectivity index (χ2n) is 6.80. The molecule has 0 N–H and O–H groups in total. The second-order valence-corrected chi connectivity index (χ2v) is 6.80. The quantitative estimate of drug-likeness (QED) is 0.276. The molecule has 1 heterocycles. The molecule has 4 aromatic rings. The number of hydrogen-bond donors (Lipinski definition) is 0. The lowest BCUT2D eigenvalue weighted by atomic mass is 10.0. The van der Waals surface area contributed by atoms with E-state index in [9.17, 15) is 9.59 Å². The molecule has 4 rings (SSSR count). The van der Waals surface area contributed by atoms with Crippen molar-refractivity contribution in [3.8, 4) is 11.5 Å². The largest absolute Gasteiger partial charge is 0.497 e. The van der Waals surface area contributed by atoms with Gasteiger partial charge in [-0.2, -0.15) is 0 Å². The Balaban J connectivity index is 1.84. The summed E-state index contributed by atoms with van der Waals surface area (Å²) >= 11 is 0. The third-order valence-electron chi connectivity index (χ3n) is 5.05. The Labute approximate surface area is 172 Å². The summed E-state index contributed by atoms with van der Waals surface area (Å²) in [5.74, 6) is 0.486. The normalized spacial score (nSPS) is 12.0. The maximum atomic E-state index is 12.6. The van der Waals surface area contributed by atoms with Crippen LogP contribution < -0.4 is 15.1 Å². The van der Waals surface area contributed by atoms with E-state index >= 15 is 0 Å². The molecule has 6 heteroatoms. The maximum absolute atomic E-state index is 12.6. The first kappa shape index (κ1) is 19.5. The monoisotopic (exact) mass is 404 g/mol. The smallest absolute Gasteiger partial charge is 0.351 e. The van der Waals surface area contributed by atoms with Crippen LogP contribution >= 0.6 is 0 Å². The van der Waals surface area contributed by atoms with Crippen LogP contribution in [0.2, 0.25) is 0 Å². The highest BCUT2D eigenvalue weighted by Gasteiger charge is 2.25. The van der Waals surface area contributed by atoms with Crippen LogP contribution in [0.25, 0.3) is 21.7 Å². The molecule has 0 amide bonds. The lowest BCUT2D eigenvalue weighted by Gasteiger charge is -2.19. The van der Waals surface area contributed by atoms with E-state index in [2.05, 4.69) is 0 Å². The fourth-order valence-electron chi connectivity index (χ4n) is 3.46. The molecule has 0 unspecified atom stereocenters. The molecule has 0 spiro atoms. The summed E-state index contributed by atoms with van der Waals surface area (Å²) in [5, 5.41) is 1.96. The third-order valence-corrected chi connectivity index (χ3v) is 5.05. The molecular weight excluding hydrogens is 384 g/mol. The van der Waals surface area contributed by atoms with Gasteiger partial charge in [-0.25, -0.2) is 9.59 Å². The lowest BCUT2D eigenvalue weighted by molar-refractivity contribution is -0.149. The van der Waals surface area contributed by atoms with Gasteiger partial charge in [0.1, 0.15) is 17.1 Å². The predicted molar refractivity (Wildman–Crippen MR) is 113 cm³/mol. The van der Waals surface area contributed by atoms with Gasteiger partial charge in [-0.05, 0) is 37.3 Å². The first-order valence-corrected chi connectivity index (χ1v) is 9.37. The van der Waals surface area contributed by atoms with Gasteiger partial charge in [-0.15, -0.1) is 0 Å². The molecule has 0 radical (unpaired) electrons. The number of aryl methyl sites for hydroxylation is 1. The van der Waals surface area contributed by atoms with Gasteiger partial charge in [0, 0.05) is 21.9 Å². The summed E-state index contributed by atoms with van der Waals surface area (Å²) in [7, 11) is 2.86. The highest BCUT2D eigenvalue weighted by atomic mass is 16.6. The molecular formula is C24H20O6. The Morgan fingerprint density at radius 2 is 1.67 bits per heavy atom. The molecule has 0 aliphatic heterocycles. The van der Waals surface area contributed by atoms with Gasteiger partial charge < -0.3 is 18.6 Å². The van der Waals surface area contributed by atoms with E-state index < -0.39 is 17.7 Å². The van der Waals surface area contributed by atoms with Gasteiger partial charge in [-0.3, -0.25) is 0 Å². The van der Waals surface area contributed by atoms with Crippen LogP contribution in [0.5, 0.6) is 11.5 Å². The van der Waals surface area contributed by atoms with Crippen molar-refractivity contribution in [2.24, 2.45) is 0 Å². The molecule has 0 aliphatic rings. The zero-order chi connectivity index (χ0) is 21.3. The molecule has 1 atom stereocenters. The van der Waals surface area contributed by atoms with Gasteiger partial charge in [0.05, 0.1) is 19.6 Å². The first-order chi connectivity index (χ1) is 14.5. The van der Waals surface area contributed by atoms with Crippen molar-refractivity contribution in [2.45, 2.75) is 13.0 Å². The van der Waals surface area contributed by atoms with Crippen molar-refractivity contribution in [1.82, 2.24) is 0 Å². The highest BCUT2D eigenvalue weighted by molar-refractivity contribution is 6.06. The molecule has 1 aromatic heterocycles. The van der Waals surface area contributed by atoms with Crippen LogP contribution in [-0.2, 0) is 9.53 Å². The van der Waals surface area contributed by atoms with E-state index in [4.69, 9.17) is 18.6 Å². The Kier molecular flexibility index (Phi) is 5.14. The van der Waals surface area contributed by atoms with Gasteiger partial charge in [0.25, 0.3) is 0 Å². The van der Waals surface area contributed by atoms with Crippen LogP contribution in [0, 0.1) is 6.92 Å². The molecule has 152 valence electrons. The molecule has 0 fully saturated rings. The summed E-state index contributed by atoms with van der Waals surface area (Å²) in [6.45, 7) is 1.79. The summed E-state index contributed by atoms with van der Waals surface area (Å²) in [6.07, 6.45) is -0.941. The average molecular weight is 404 g/mol. The van der Waals surface area contributed by atoms with E-state index in [0.29, 0.717) is 33.6 Å². The van der Waals surface area contributed by atoms with E-state index in [1.165, 1.54) is 7.11 Å². The van der Waals surface area contributed by atoms with Gasteiger partial charge in [0.2, 0.25) is 6.10 Å². The molecule has 30 heavy (non-hydrogen) atoms. The zero-order valence-electron chi connectivity index (χ0n) is 16.8. The number of esters is 1. The van der Waals surface area contributed by atoms with Crippen LogP contribution in [0.15, 0.2) is 69.9 Å². The molecule has 6 nitrogen and oxygen atoms in total. The van der Waals surface area contributed by atoms with Crippen LogP contribution in [0.3, 0.4) is 0 Å². The Morgan fingerprint density at radius 3 is 2.37 bits per heavy atom. The van der Waals surface area contributed by atoms with E-state index in [-0.39, 0.29) is 0 Å². The summed E-state index contributed by atoms with van der Waals surface area (Å²) in [5.41, 5.74) is 1.22. The SMILES string of the molecule is COC(=O)[C@@H](Oc1ccc2c(oc(=O)c3cc(OC)ccc32)c1C)c1ccccc1. The number of fused-ring (bicyclic) bond motifs is 3. The Hall–Kier alpha value is -3.80. The molecule has 0 saturated carbocycles. The molecule has 0 bridgehead atoms. The number of ether oxygens (including phenoxy) is 3. The number of methoxy groups -OCH3 is 2. The van der Waals surface area contributed by atoms with Gasteiger partial charge >= 0.3 is 11.6 Å². The maximum Gasteiger partial charge on any atom is 0.351 e. The predicted octanol–water partition coefficient (Wildman–Crippen LogP) is 4.56. The van der Waals surface area contributed by atoms with Crippen molar-refractivity contribution in [3.63, 3.8) is 0 Å². The van der Waals surface area contributed by atoms with Gasteiger partial charge in [0.15, 0.2) is 0 Å². The first-order valence-electron chi connectivity index (χ1n) is 9.37. The van der Waals surface area contributed by atoms with Crippen molar-refractivity contribution in [2.75, 3.05) is 14.2 Å². The van der Waals surface area contributed by atoms with Crippen LogP contribution in [0.4, 0.5) is 0 Å². The number of hydrogen-bond acceptors (Lipinski definition) is 6. The number of benzene rings is 3. The van der Waals surface area contributed by atoms with E-state index in [1.807, 2.05) is 30.3 Å². The highest BCUT2D eigenvalue weighted by Crippen LogP contribution is 2.34. The number of carbonyl (C=O) groups excluding carboxylic acids is 1. The fraction of sp³-hybridized carbons (Fsp3) is 0.167. The second kappa shape index (κ2) is 7.91. The van der Waals surface area contributed by atoms with Crippen molar-refractivity contribution >= 4 is 27.7 Å². The fourth-order valence-corrected chi connectivity index (χ4v) is 3.46. The summed E-state index contributed by atoms with van der Waals surface area (Å²) < 4.78 is 21.8. The Morgan fingerprint density at radius 1 is 0.933 bits per heavy atom. The van der Waals surface area contributed by atoms with Crippen LogP contribution in [0.1, 0.15) is 17.2 Å². The topological polar surface area (TPSA) is 75.0 Å². The minimum Gasteiger partial charge on any atom is -0.497 e. The van der Waals surface area contributed by atoms with Crippen molar-refractivity contribution < 1.29 is 23.4 Å². The third kappa shape index (κ3) is 3.37. The number of rotatable bonds is 5.